The van der Waals surface area contributed by atoms with E-state index in [0.29, 0.717) is 24.6 Å². The van der Waals surface area contributed by atoms with Crippen molar-refractivity contribution in [3.05, 3.63) is 58.5 Å². The lowest BCUT2D eigenvalue weighted by atomic mass is 9.89. The molecule has 30 heavy (non-hydrogen) atoms. The molecule has 1 aliphatic rings. The number of carbonyl (C=O) groups excluding carboxylic acids is 1. The molecule has 3 aromatic rings. The minimum absolute atomic E-state index is 0.103. The van der Waals surface area contributed by atoms with Gasteiger partial charge in [0, 0.05) is 50.6 Å². The summed E-state index contributed by atoms with van der Waals surface area (Å²) in [6.45, 7) is 3.37. The molecule has 1 unspecified atom stereocenters. The number of carbonyl (C=O) groups is 1. The molecule has 1 saturated heterocycles. The standard InChI is InChI=1S/C22H25FN4O2S/c1-29-11-9-25-21(28)20-18(19-22(30-20)26-8-7-24-19)16-5-3-10-27(14-16)13-15-4-2-6-17(23)12-15/h2,4,6-8,12,16H,3,5,9-11,13-14H2,1H3,(H,25,28). The molecule has 1 atom stereocenters. The number of thiophene rings is 1. The predicted octanol–water partition coefficient (Wildman–Crippen LogP) is 3.59. The third kappa shape index (κ3) is 4.66. The van der Waals surface area contributed by atoms with Gasteiger partial charge in [0.2, 0.25) is 0 Å². The van der Waals surface area contributed by atoms with Gasteiger partial charge in [0.1, 0.15) is 16.2 Å². The number of nitrogens with zero attached hydrogens (tertiary/aromatic N) is 3. The van der Waals surface area contributed by atoms with Crippen molar-refractivity contribution >= 4 is 27.6 Å². The minimum atomic E-state index is -0.213. The Balaban J connectivity index is 1.59. The number of halogens is 1. The summed E-state index contributed by atoms with van der Waals surface area (Å²) in [6, 6.07) is 6.75. The average Bonchev–Trinajstić information content (AvgIpc) is 3.14. The molecule has 158 valence electrons. The number of amides is 1. The summed E-state index contributed by atoms with van der Waals surface area (Å²) < 4.78 is 18.6. The molecule has 1 fully saturated rings. The zero-order valence-corrected chi connectivity index (χ0v) is 17.8. The van der Waals surface area contributed by atoms with E-state index in [2.05, 4.69) is 20.2 Å². The number of likely N-dealkylation sites (tertiary alicyclic amines) is 1. The van der Waals surface area contributed by atoms with E-state index in [1.54, 1.807) is 31.6 Å². The zero-order chi connectivity index (χ0) is 20.9. The highest BCUT2D eigenvalue weighted by molar-refractivity contribution is 7.20. The Morgan fingerprint density at radius 1 is 1.37 bits per heavy atom. The molecule has 2 aromatic heterocycles. The van der Waals surface area contributed by atoms with Crippen LogP contribution in [0.25, 0.3) is 10.3 Å². The van der Waals surface area contributed by atoms with Crippen molar-refractivity contribution in [1.82, 2.24) is 20.2 Å². The predicted molar refractivity (Wildman–Crippen MR) is 115 cm³/mol. The molecule has 8 heteroatoms. The monoisotopic (exact) mass is 428 g/mol. The second kappa shape index (κ2) is 9.59. The highest BCUT2D eigenvalue weighted by Crippen LogP contribution is 2.38. The fourth-order valence-corrected chi connectivity index (χ4v) is 5.17. The number of hydrogen-bond donors (Lipinski definition) is 1. The maximum absolute atomic E-state index is 13.6. The van der Waals surface area contributed by atoms with Gasteiger partial charge < -0.3 is 10.1 Å². The molecule has 1 N–H and O–H groups in total. The summed E-state index contributed by atoms with van der Waals surface area (Å²) in [7, 11) is 1.61. The number of hydrogen-bond acceptors (Lipinski definition) is 6. The molecule has 0 saturated carbocycles. The van der Waals surface area contributed by atoms with E-state index in [4.69, 9.17) is 4.74 Å². The number of ether oxygens (including phenoxy) is 1. The second-order valence-corrected chi connectivity index (χ2v) is 8.51. The molecule has 0 aliphatic carbocycles. The lowest BCUT2D eigenvalue weighted by Gasteiger charge is -2.33. The molecule has 1 aromatic carbocycles. The molecule has 6 nitrogen and oxygen atoms in total. The summed E-state index contributed by atoms with van der Waals surface area (Å²) in [5, 5.41) is 2.93. The average molecular weight is 429 g/mol. The molecule has 0 spiro atoms. The van der Waals surface area contributed by atoms with Gasteiger partial charge in [-0.2, -0.15) is 0 Å². The summed E-state index contributed by atoms with van der Waals surface area (Å²) >= 11 is 1.40. The third-order valence-electron chi connectivity index (χ3n) is 5.37. The SMILES string of the molecule is COCCNC(=O)c1sc2nccnc2c1C1CCCN(Cc2cccc(F)c2)C1. The van der Waals surface area contributed by atoms with Crippen molar-refractivity contribution in [1.29, 1.82) is 0 Å². The van der Waals surface area contributed by atoms with E-state index in [1.165, 1.54) is 17.4 Å². The Morgan fingerprint density at radius 3 is 3.07 bits per heavy atom. The Labute approximate surface area is 179 Å². The van der Waals surface area contributed by atoms with Crippen LogP contribution in [0.15, 0.2) is 36.7 Å². The lowest BCUT2D eigenvalue weighted by molar-refractivity contribution is 0.0939. The Kier molecular flexibility index (Phi) is 6.66. The quantitative estimate of drug-likeness (QED) is 0.583. The zero-order valence-electron chi connectivity index (χ0n) is 16.9. The Morgan fingerprint density at radius 2 is 2.23 bits per heavy atom. The van der Waals surface area contributed by atoms with Gasteiger partial charge in [0.15, 0.2) is 0 Å². The fraction of sp³-hybridized carbons (Fsp3) is 0.409. The van der Waals surface area contributed by atoms with Gasteiger partial charge in [-0.3, -0.25) is 14.7 Å². The van der Waals surface area contributed by atoms with Gasteiger partial charge in [-0.05, 0) is 37.1 Å². The van der Waals surface area contributed by atoms with Crippen molar-refractivity contribution in [2.24, 2.45) is 0 Å². The normalized spacial score (nSPS) is 17.3. The summed E-state index contributed by atoms with van der Waals surface area (Å²) in [5.41, 5.74) is 2.77. The molecular formula is C22H25FN4O2S. The van der Waals surface area contributed by atoms with Crippen LogP contribution in [0.4, 0.5) is 4.39 Å². The van der Waals surface area contributed by atoms with Gasteiger partial charge in [0.05, 0.1) is 11.5 Å². The van der Waals surface area contributed by atoms with Gasteiger partial charge >= 0.3 is 0 Å². The van der Waals surface area contributed by atoms with E-state index < -0.39 is 0 Å². The van der Waals surface area contributed by atoms with E-state index in [9.17, 15) is 9.18 Å². The van der Waals surface area contributed by atoms with Crippen LogP contribution in [0.3, 0.4) is 0 Å². The molecular weight excluding hydrogens is 403 g/mol. The molecule has 3 heterocycles. The summed E-state index contributed by atoms with van der Waals surface area (Å²) in [6.07, 6.45) is 5.34. The summed E-state index contributed by atoms with van der Waals surface area (Å²) in [5.74, 6) is -0.134. The van der Waals surface area contributed by atoms with Crippen LogP contribution >= 0.6 is 11.3 Å². The number of aromatic nitrogens is 2. The van der Waals surface area contributed by atoms with Crippen LogP contribution < -0.4 is 5.32 Å². The summed E-state index contributed by atoms with van der Waals surface area (Å²) in [4.78, 5) is 25.7. The highest BCUT2D eigenvalue weighted by Gasteiger charge is 2.30. The molecule has 0 radical (unpaired) electrons. The minimum Gasteiger partial charge on any atom is -0.383 e. The molecule has 0 bridgehead atoms. The van der Waals surface area contributed by atoms with Gasteiger partial charge in [-0.15, -0.1) is 11.3 Å². The van der Waals surface area contributed by atoms with Crippen LogP contribution in [-0.2, 0) is 11.3 Å². The van der Waals surface area contributed by atoms with Crippen LogP contribution in [0, 0.1) is 5.82 Å². The van der Waals surface area contributed by atoms with E-state index in [0.717, 1.165) is 47.4 Å². The van der Waals surface area contributed by atoms with Crippen LogP contribution in [0.2, 0.25) is 0 Å². The molecule has 1 amide bonds. The van der Waals surface area contributed by atoms with Crippen LogP contribution in [-0.4, -0.2) is 54.1 Å². The smallest absolute Gasteiger partial charge is 0.261 e. The topological polar surface area (TPSA) is 67.3 Å². The Bertz CT molecular complexity index is 1030. The van der Waals surface area contributed by atoms with Crippen molar-refractivity contribution in [2.75, 3.05) is 33.4 Å². The first-order valence-corrected chi connectivity index (χ1v) is 10.9. The van der Waals surface area contributed by atoms with Gasteiger partial charge in [-0.1, -0.05) is 12.1 Å². The van der Waals surface area contributed by atoms with Crippen LogP contribution in [0.5, 0.6) is 0 Å². The number of fused-ring (bicyclic) bond motifs is 1. The first kappa shape index (κ1) is 20.8. The van der Waals surface area contributed by atoms with Crippen molar-refractivity contribution in [3.8, 4) is 0 Å². The second-order valence-electron chi connectivity index (χ2n) is 7.51. The first-order valence-electron chi connectivity index (χ1n) is 10.1. The number of piperidine rings is 1. The van der Waals surface area contributed by atoms with E-state index in [-0.39, 0.29) is 17.6 Å². The first-order chi connectivity index (χ1) is 14.7. The number of nitrogens with one attached hydrogen (secondary N) is 1. The molecule has 4 rings (SSSR count). The van der Waals surface area contributed by atoms with Crippen molar-refractivity contribution in [3.63, 3.8) is 0 Å². The van der Waals surface area contributed by atoms with Crippen LogP contribution in [0.1, 0.15) is 39.6 Å². The van der Waals surface area contributed by atoms with Crippen molar-refractivity contribution < 1.29 is 13.9 Å². The fourth-order valence-electron chi connectivity index (χ4n) is 4.07. The van der Waals surface area contributed by atoms with Crippen molar-refractivity contribution in [2.45, 2.75) is 25.3 Å². The van der Waals surface area contributed by atoms with E-state index >= 15 is 0 Å². The van der Waals surface area contributed by atoms with E-state index in [1.807, 2.05) is 6.07 Å². The number of rotatable bonds is 7. The van der Waals surface area contributed by atoms with Gasteiger partial charge in [-0.25, -0.2) is 9.37 Å². The largest absolute Gasteiger partial charge is 0.383 e. The molecule has 1 aliphatic heterocycles. The van der Waals surface area contributed by atoms with Gasteiger partial charge in [0.25, 0.3) is 5.91 Å². The lowest BCUT2D eigenvalue weighted by Crippen LogP contribution is -2.35. The highest BCUT2D eigenvalue weighted by atomic mass is 32.1. The number of methoxy groups -OCH3 is 1. The maximum atomic E-state index is 13.6. The third-order valence-corrected chi connectivity index (χ3v) is 6.47. The number of benzene rings is 1. The maximum Gasteiger partial charge on any atom is 0.261 e. The Hall–Kier alpha value is -2.42.